The molecule has 0 spiro atoms. The maximum Gasteiger partial charge on any atom is 0.253 e. The van der Waals surface area contributed by atoms with Gasteiger partial charge >= 0.3 is 0 Å². The second-order valence-electron chi connectivity index (χ2n) is 7.54. The quantitative estimate of drug-likeness (QED) is 0.702. The number of nitrogens with two attached hydrogens (primary N) is 1. The predicted octanol–water partition coefficient (Wildman–Crippen LogP) is 1.20. The standard InChI is InChI=1S/C18H29N3O4S/c1-18(2,12-19)13-21(3)17(22)14-6-8-16(9-7-14)26(23,24)20-11-15-5-4-10-25-15/h6-9,15,20H,4-5,10-13,19H2,1-3H3. The van der Waals surface area contributed by atoms with Crippen LogP contribution in [0.2, 0.25) is 0 Å². The van der Waals surface area contributed by atoms with Crippen LogP contribution in [0, 0.1) is 5.41 Å². The Balaban J connectivity index is 2.01. The number of carbonyl (C=O) groups is 1. The van der Waals surface area contributed by atoms with Gasteiger partial charge in [-0.25, -0.2) is 13.1 Å². The van der Waals surface area contributed by atoms with Gasteiger partial charge in [0.1, 0.15) is 0 Å². The van der Waals surface area contributed by atoms with E-state index >= 15 is 0 Å². The van der Waals surface area contributed by atoms with Crippen LogP contribution < -0.4 is 10.5 Å². The van der Waals surface area contributed by atoms with Crippen molar-refractivity contribution in [2.45, 2.75) is 37.7 Å². The Kier molecular flexibility index (Phi) is 6.79. The third kappa shape index (κ3) is 5.51. The topological polar surface area (TPSA) is 102 Å². The number of rotatable bonds is 8. The summed E-state index contributed by atoms with van der Waals surface area (Å²) in [6.45, 7) is 5.92. The van der Waals surface area contributed by atoms with Crippen molar-refractivity contribution in [1.82, 2.24) is 9.62 Å². The number of carbonyl (C=O) groups excluding carboxylic acids is 1. The SMILES string of the molecule is CN(CC(C)(C)CN)C(=O)c1ccc(S(=O)(=O)NCC2CCCO2)cc1. The van der Waals surface area contributed by atoms with Crippen molar-refractivity contribution in [2.24, 2.45) is 11.1 Å². The molecule has 3 N–H and O–H groups in total. The third-order valence-electron chi connectivity index (χ3n) is 4.50. The molecule has 1 unspecified atom stereocenters. The van der Waals surface area contributed by atoms with Crippen LogP contribution in [0.25, 0.3) is 0 Å². The highest BCUT2D eigenvalue weighted by Gasteiger charge is 2.23. The monoisotopic (exact) mass is 383 g/mol. The van der Waals surface area contributed by atoms with Crippen molar-refractivity contribution in [2.75, 3.05) is 33.3 Å². The molecule has 1 fully saturated rings. The number of nitrogens with zero attached hydrogens (tertiary/aromatic N) is 1. The zero-order chi connectivity index (χ0) is 19.4. The highest BCUT2D eigenvalue weighted by atomic mass is 32.2. The molecular formula is C18H29N3O4S. The average Bonchev–Trinajstić information content (AvgIpc) is 3.13. The number of amides is 1. The molecule has 1 aromatic rings. The summed E-state index contributed by atoms with van der Waals surface area (Å²) < 4.78 is 32.7. The molecule has 0 aromatic heterocycles. The van der Waals surface area contributed by atoms with Crippen LogP contribution >= 0.6 is 0 Å². The van der Waals surface area contributed by atoms with Gasteiger partial charge in [-0.2, -0.15) is 0 Å². The van der Waals surface area contributed by atoms with Crippen LogP contribution in [0.1, 0.15) is 37.0 Å². The summed E-state index contributed by atoms with van der Waals surface area (Å²) in [5.41, 5.74) is 5.98. The maximum absolute atomic E-state index is 12.5. The van der Waals surface area contributed by atoms with Gasteiger partial charge in [0, 0.05) is 32.3 Å². The normalized spacial score (nSPS) is 18.1. The van der Waals surface area contributed by atoms with Crippen molar-refractivity contribution in [3.05, 3.63) is 29.8 Å². The van der Waals surface area contributed by atoms with Gasteiger partial charge in [0.15, 0.2) is 0 Å². The van der Waals surface area contributed by atoms with Gasteiger partial charge in [0.2, 0.25) is 10.0 Å². The molecule has 1 aliphatic rings. The lowest BCUT2D eigenvalue weighted by Crippen LogP contribution is -2.39. The summed E-state index contributed by atoms with van der Waals surface area (Å²) in [4.78, 5) is 14.2. The minimum atomic E-state index is -3.61. The van der Waals surface area contributed by atoms with E-state index in [9.17, 15) is 13.2 Å². The largest absolute Gasteiger partial charge is 0.377 e. The van der Waals surface area contributed by atoms with Crippen molar-refractivity contribution >= 4 is 15.9 Å². The molecule has 1 heterocycles. The smallest absolute Gasteiger partial charge is 0.253 e. The second kappa shape index (κ2) is 8.47. The van der Waals surface area contributed by atoms with Gasteiger partial charge in [0.25, 0.3) is 5.91 Å². The van der Waals surface area contributed by atoms with Crippen LogP contribution in [0.5, 0.6) is 0 Å². The molecule has 0 saturated carbocycles. The Labute approximate surface area is 155 Å². The highest BCUT2D eigenvalue weighted by molar-refractivity contribution is 7.89. The number of nitrogens with one attached hydrogen (secondary N) is 1. The summed E-state index contributed by atoms with van der Waals surface area (Å²) in [5.74, 6) is -0.164. The number of hydrogen-bond donors (Lipinski definition) is 2. The van der Waals surface area contributed by atoms with E-state index in [0.29, 0.717) is 25.3 Å². The summed E-state index contributed by atoms with van der Waals surface area (Å²) in [6, 6.07) is 5.98. The molecule has 1 aromatic carbocycles. The van der Waals surface area contributed by atoms with Gasteiger partial charge in [-0.05, 0) is 49.1 Å². The first kappa shape index (κ1) is 20.8. The number of hydrogen-bond acceptors (Lipinski definition) is 5. The summed E-state index contributed by atoms with van der Waals surface area (Å²) in [7, 11) is -1.90. The van der Waals surface area contributed by atoms with Crippen molar-refractivity contribution < 1.29 is 17.9 Å². The van der Waals surface area contributed by atoms with E-state index in [4.69, 9.17) is 10.5 Å². The minimum Gasteiger partial charge on any atom is -0.377 e. The molecule has 0 bridgehead atoms. The number of sulfonamides is 1. The fraction of sp³-hybridized carbons (Fsp3) is 0.611. The Morgan fingerprint density at radius 2 is 2.00 bits per heavy atom. The van der Waals surface area contributed by atoms with E-state index in [0.717, 1.165) is 12.8 Å². The van der Waals surface area contributed by atoms with E-state index in [1.807, 2.05) is 13.8 Å². The Bertz CT molecular complexity index is 710. The fourth-order valence-corrected chi connectivity index (χ4v) is 3.93. The van der Waals surface area contributed by atoms with Crippen LogP contribution in [0.3, 0.4) is 0 Å². The fourth-order valence-electron chi connectivity index (χ4n) is 2.87. The van der Waals surface area contributed by atoms with Crippen LogP contribution in [0.15, 0.2) is 29.2 Å². The highest BCUT2D eigenvalue weighted by Crippen LogP contribution is 2.17. The van der Waals surface area contributed by atoms with E-state index in [2.05, 4.69) is 4.72 Å². The molecule has 26 heavy (non-hydrogen) atoms. The van der Waals surface area contributed by atoms with Crippen LogP contribution in [-0.4, -0.2) is 58.6 Å². The molecule has 0 radical (unpaired) electrons. The first-order valence-electron chi connectivity index (χ1n) is 8.81. The van der Waals surface area contributed by atoms with Gasteiger partial charge in [-0.3, -0.25) is 4.79 Å². The zero-order valence-electron chi connectivity index (χ0n) is 15.7. The molecule has 1 aliphatic heterocycles. The molecule has 2 rings (SSSR count). The summed E-state index contributed by atoms with van der Waals surface area (Å²) >= 11 is 0. The molecule has 1 amide bonds. The van der Waals surface area contributed by atoms with Crippen molar-refractivity contribution in [3.8, 4) is 0 Å². The third-order valence-corrected chi connectivity index (χ3v) is 5.94. The average molecular weight is 384 g/mol. The lowest BCUT2D eigenvalue weighted by Gasteiger charge is -2.29. The molecule has 8 heteroatoms. The van der Waals surface area contributed by atoms with Crippen molar-refractivity contribution in [1.29, 1.82) is 0 Å². The van der Waals surface area contributed by atoms with Gasteiger partial charge in [-0.1, -0.05) is 13.8 Å². The van der Waals surface area contributed by atoms with Crippen molar-refractivity contribution in [3.63, 3.8) is 0 Å². The molecule has 1 saturated heterocycles. The van der Waals surface area contributed by atoms with E-state index in [-0.39, 0.29) is 28.9 Å². The Morgan fingerprint density at radius 1 is 1.35 bits per heavy atom. The molecular weight excluding hydrogens is 354 g/mol. The van der Waals surface area contributed by atoms with Crippen LogP contribution in [0.4, 0.5) is 0 Å². The molecule has 1 atom stereocenters. The predicted molar refractivity (Wildman–Crippen MR) is 100 cm³/mol. The molecule has 0 aliphatic carbocycles. The lowest BCUT2D eigenvalue weighted by molar-refractivity contribution is 0.0740. The summed E-state index contributed by atoms with van der Waals surface area (Å²) in [6.07, 6.45) is 1.75. The summed E-state index contributed by atoms with van der Waals surface area (Å²) in [5, 5.41) is 0. The maximum atomic E-state index is 12.5. The Hall–Kier alpha value is -1.48. The minimum absolute atomic E-state index is 0.0647. The number of ether oxygens (including phenoxy) is 1. The molecule has 146 valence electrons. The van der Waals surface area contributed by atoms with Gasteiger partial charge in [0.05, 0.1) is 11.0 Å². The number of benzene rings is 1. The van der Waals surface area contributed by atoms with E-state index < -0.39 is 10.0 Å². The first-order chi connectivity index (χ1) is 12.1. The van der Waals surface area contributed by atoms with E-state index in [1.54, 1.807) is 11.9 Å². The van der Waals surface area contributed by atoms with Gasteiger partial charge in [-0.15, -0.1) is 0 Å². The Morgan fingerprint density at radius 3 is 2.54 bits per heavy atom. The lowest BCUT2D eigenvalue weighted by atomic mass is 9.93. The van der Waals surface area contributed by atoms with Gasteiger partial charge < -0.3 is 15.4 Å². The zero-order valence-corrected chi connectivity index (χ0v) is 16.5. The second-order valence-corrected chi connectivity index (χ2v) is 9.31. The first-order valence-corrected chi connectivity index (χ1v) is 10.3. The van der Waals surface area contributed by atoms with Crippen LogP contribution in [-0.2, 0) is 14.8 Å². The van der Waals surface area contributed by atoms with E-state index in [1.165, 1.54) is 24.3 Å². The molecule has 7 nitrogen and oxygen atoms in total.